The number of hydrogen-bond donors (Lipinski definition) is 1. The Balaban J connectivity index is 2.35. The Kier molecular flexibility index (Phi) is 4.31. The summed E-state index contributed by atoms with van der Waals surface area (Å²) in [4.78, 5) is 11.8. The quantitative estimate of drug-likeness (QED) is 0.771. The highest BCUT2D eigenvalue weighted by Gasteiger charge is 2.36. The van der Waals surface area contributed by atoms with Crippen LogP contribution in [0.15, 0.2) is 0 Å². The second kappa shape index (κ2) is 5.31. The minimum atomic E-state index is -0.892. The average Bonchev–Trinajstić information content (AvgIpc) is 2.25. The summed E-state index contributed by atoms with van der Waals surface area (Å²) in [5.74, 6) is -0.155. The Bertz CT molecular complexity index is 292. The van der Waals surface area contributed by atoms with Crippen LogP contribution >= 0.6 is 0 Å². The molecule has 0 aromatic rings. The first-order chi connectivity index (χ1) is 7.55. The van der Waals surface area contributed by atoms with Gasteiger partial charge < -0.3 is 10.1 Å². The molecule has 4 heteroatoms. The van der Waals surface area contributed by atoms with Crippen molar-refractivity contribution in [2.45, 2.75) is 52.2 Å². The van der Waals surface area contributed by atoms with Gasteiger partial charge in [-0.25, -0.2) is 0 Å². The maximum Gasteiger partial charge on any atom is 0.240 e. The van der Waals surface area contributed by atoms with E-state index in [4.69, 9.17) is 10.00 Å². The summed E-state index contributed by atoms with van der Waals surface area (Å²) >= 11 is 0. The first kappa shape index (κ1) is 13.0. The van der Waals surface area contributed by atoms with Gasteiger partial charge in [0.15, 0.2) is 0 Å². The maximum atomic E-state index is 11.8. The van der Waals surface area contributed by atoms with Gasteiger partial charge in [-0.3, -0.25) is 4.79 Å². The molecule has 90 valence electrons. The fourth-order valence-corrected chi connectivity index (χ4v) is 1.69. The lowest BCUT2D eigenvalue weighted by atomic mass is 9.85. The first-order valence-corrected chi connectivity index (χ1v) is 5.89. The number of nitriles is 1. The molecule has 1 atom stereocenters. The summed E-state index contributed by atoms with van der Waals surface area (Å²) < 4.78 is 5.41. The number of carbonyl (C=O) groups excluding carboxylic acids is 1. The second-order valence-electron chi connectivity index (χ2n) is 4.52. The molecule has 1 saturated carbocycles. The van der Waals surface area contributed by atoms with Crippen molar-refractivity contribution in [2.24, 2.45) is 5.41 Å². The lowest BCUT2D eigenvalue weighted by Crippen LogP contribution is -2.51. The molecule has 16 heavy (non-hydrogen) atoms. The fraction of sp³-hybridized carbons (Fsp3) is 0.833. The van der Waals surface area contributed by atoms with Gasteiger partial charge >= 0.3 is 0 Å². The Morgan fingerprint density at radius 3 is 2.62 bits per heavy atom. The minimum Gasteiger partial charge on any atom is -0.378 e. The Hall–Kier alpha value is -1.08. The van der Waals surface area contributed by atoms with Crippen molar-refractivity contribution in [3.05, 3.63) is 0 Å². The van der Waals surface area contributed by atoms with Crippen LogP contribution in [0, 0.1) is 16.7 Å². The molecule has 0 saturated heterocycles. The van der Waals surface area contributed by atoms with E-state index >= 15 is 0 Å². The summed E-state index contributed by atoms with van der Waals surface area (Å²) in [6, 6.07) is 2.26. The van der Waals surface area contributed by atoms with Gasteiger partial charge in [-0.15, -0.1) is 0 Å². The first-order valence-electron chi connectivity index (χ1n) is 5.89. The number of nitrogens with one attached hydrogen (secondary N) is 1. The van der Waals surface area contributed by atoms with E-state index in [0.29, 0.717) is 6.42 Å². The average molecular weight is 224 g/mol. The van der Waals surface area contributed by atoms with Crippen LogP contribution in [-0.4, -0.2) is 24.7 Å². The lowest BCUT2D eigenvalue weighted by molar-refractivity contribution is -0.130. The molecular formula is C12H20N2O2. The Morgan fingerprint density at radius 2 is 2.19 bits per heavy atom. The number of rotatable bonds is 5. The van der Waals surface area contributed by atoms with Crippen LogP contribution in [0.25, 0.3) is 0 Å². The van der Waals surface area contributed by atoms with Crippen LogP contribution < -0.4 is 5.32 Å². The molecule has 1 fully saturated rings. The zero-order valence-electron chi connectivity index (χ0n) is 10.2. The normalized spacial score (nSPS) is 27.4. The van der Waals surface area contributed by atoms with Crippen LogP contribution in [0.1, 0.15) is 40.0 Å². The molecule has 0 bridgehead atoms. The van der Waals surface area contributed by atoms with E-state index in [2.05, 4.69) is 11.4 Å². The number of nitrogens with zero attached hydrogens (tertiary/aromatic N) is 1. The monoisotopic (exact) mass is 224 g/mol. The smallest absolute Gasteiger partial charge is 0.240 e. The van der Waals surface area contributed by atoms with Gasteiger partial charge in [0.05, 0.1) is 12.2 Å². The van der Waals surface area contributed by atoms with E-state index in [1.54, 1.807) is 6.92 Å². The SMILES string of the molecule is CCOC1CC(NC(=O)C(C)(C#N)CC)C1. The number of ether oxygens (including phenoxy) is 1. The van der Waals surface area contributed by atoms with E-state index in [-0.39, 0.29) is 18.1 Å². The number of carbonyl (C=O) groups is 1. The van der Waals surface area contributed by atoms with Crippen LogP contribution in [0.5, 0.6) is 0 Å². The highest BCUT2D eigenvalue weighted by molar-refractivity contribution is 5.85. The molecule has 1 aliphatic carbocycles. The van der Waals surface area contributed by atoms with Crippen molar-refractivity contribution in [3.8, 4) is 6.07 Å². The molecule has 0 aliphatic heterocycles. The molecule has 1 N–H and O–H groups in total. The molecule has 0 spiro atoms. The molecule has 1 aliphatic rings. The van der Waals surface area contributed by atoms with Crippen LogP contribution in [0.4, 0.5) is 0 Å². The van der Waals surface area contributed by atoms with Crippen LogP contribution in [0.2, 0.25) is 0 Å². The maximum absolute atomic E-state index is 11.8. The van der Waals surface area contributed by atoms with Gasteiger partial charge in [0.2, 0.25) is 5.91 Å². The van der Waals surface area contributed by atoms with Gasteiger partial charge in [-0.05, 0) is 33.1 Å². The van der Waals surface area contributed by atoms with Crippen molar-refractivity contribution in [3.63, 3.8) is 0 Å². The number of amides is 1. The van der Waals surface area contributed by atoms with Gasteiger partial charge in [0.25, 0.3) is 0 Å². The van der Waals surface area contributed by atoms with E-state index < -0.39 is 5.41 Å². The minimum absolute atomic E-state index is 0.155. The van der Waals surface area contributed by atoms with Crippen molar-refractivity contribution in [1.29, 1.82) is 5.26 Å². The van der Waals surface area contributed by atoms with Gasteiger partial charge in [0.1, 0.15) is 5.41 Å². The number of hydrogen-bond acceptors (Lipinski definition) is 3. The highest BCUT2D eigenvalue weighted by Crippen LogP contribution is 2.26. The lowest BCUT2D eigenvalue weighted by Gasteiger charge is -2.36. The third kappa shape index (κ3) is 2.73. The molecule has 4 nitrogen and oxygen atoms in total. The van der Waals surface area contributed by atoms with Crippen molar-refractivity contribution in [1.82, 2.24) is 5.32 Å². The van der Waals surface area contributed by atoms with Crippen molar-refractivity contribution >= 4 is 5.91 Å². The Morgan fingerprint density at radius 1 is 1.56 bits per heavy atom. The van der Waals surface area contributed by atoms with E-state index in [1.165, 1.54) is 0 Å². The largest absolute Gasteiger partial charge is 0.378 e. The zero-order chi connectivity index (χ0) is 12.2. The Labute approximate surface area is 97.0 Å². The third-order valence-corrected chi connectivity index (χ3v) is 3.29. The third-order valence-electron chi connectivity index (χ3n) is 3.29. The molecule has 0 heterocycles. The van der Waals surface area contributed by atoms with Gasteiger partial charge in [-0.2, -0.15) is 5.26 Å². The zero-order valence-corrected chi connectivity index (χ0v) is 10.2. The van der Waals surface area contributed by atoms with Crippen molar-refractivity contribution in [2.75, 3.05) is 6.61 Å². The highest BCUT2D eigenvalue weighted by atomic mass is 16.5. The van der Waals surface area contributed by atoms with Crippen molar-refractivity contribution < 1.29 is 9.53 Å². The van der Waals surface area contributed by atoms with E-state index in [0.717, 1.165) is 19.4 Å². The molecule has 1 amide bonds. The van der Waals surface area contributed by atoms with E-state index in [9.17, 15) is 4.79 Å². The van der Waals surface area contributed by atoms with E-state index in [1.807, 2.05) is 13.8 Å². The fourth-order valence-electron chi connectivity index (χ4n) is 1.69. The standard InChI is InChI=1S/C12H20N2O2/c1-4-12(3,8-13)11(15)14-9-6-10(7-9)16-5-2/h9-10H,4-7H2,1-3H3,(H,14,15). The summed E-state index contributed by atoms with van der Waals surface area (Å²) in [6.45, 7) is 6.22. The molecule has 0 aromatic heterocycles. The van der Waals surface area contributed by atoms with Crippen LogP contribution in [-0.2, 0) is 9.53 Å². The van der Waals surface area contributed by atoms with Crippen LogP contribution in [0.3, 0.4) is 0 Å². The summed E-state index contributed by atoms with van der Waals surface area (Å²) in [5, 5.41) is 11.9. The molecule has 0 aromatic carbocycles. The molecule has 0 radical (unpaired) electrons. The molecule has 1 unspecified atom stereocenters. The summed E-state index contributed by atoms with van der Waals surface area (Å²) in [5.41, 5.74) is -0.892. The predicted octanol–water partition coefficient (Wildman–Crippen LogP) is 1.61. The summed E-state index contributed by atoms with van der Waals surface area (Å²) in [7, 11) is 0. The topological polar surface area (TPSA) is 62.1 Å². The second-order valence-corrected chi connectivity index (χ2v) is 4.52. The predicted molar refractivity (Wildman–Crippen MR) is 60.6 cm³/mol. The van der Waals surface area contributed by atoms with Gasteiger partial charge in [-0.1, -0.05) is 6.92 Å². The van der Waals surface area contributed by atoms with Gasteiger partial charge in [0, 0.05) is 12.6 Å². The molecular weight excluding hydrogens is 204 g/mol. The summed E-state index contributed by atoms with van der Waals surface area (Å²) in [6.07, 6.45) is 2.55. The molecule has 1 rings (SSSR count).